The van der Waals surface area contributed by atoms with Crippen LogP contribution in [0.5, 0.6) is 23.1 Å². The fourth-order valence-corrected chi connectivity index (χ4v) is 3.30. The van der Waals surface area contributed by atoms with Crippen molar-refractivity contribution in [3.05, 3.63) is 35.3 Å². The minimum atomic E-state index is -0.602. The Bertz CT molecular complexity index is 849. The third-order valence-corrected chi connectivity index (χ3v) is 4.71. The van der Waals surface area contributed by atoms with Crippen molar-refractivity contribution in [3.8, 4) is 23.1 Å². The molecule has 0 unspecified atom stereocenters. The van der Waals surface area contributed by atoms with Gasteiger partial charge < -0.3 is 25.0 Å². The van der Waals surface area contributed by atoms with Crippen LogP contribution in [0.25, 0.3) is 0 Å². The molecule has 8 heteroatoms. The first-order valence-electron chi connectivity index (χ1n) is 8.58. The molecule has 1 aliphatic heterocycles. The van der Waals surface area contributed by atoms with Gasteiger partial charge in [0.05, 0.1) is 0 Å². The van der Waals surface area contributed by atoms with Crippen molar-refractivity contribution in [1.82, 2.24) is 15.3 Å². The standard InChI is InChI=1S/C18H19N3O5/c22-15-14(20-16(21-18(15)24)11-3-1-2-4-11)17(23)19-8-10-5-6-12-13(7-10)26-9-25-12/h5-7,11,22H,1-4,8-9H2,(H,19,23)(H,20,21,24). The maximum atomic E-state index is 12.5. The zero-order valence-electron chi connectivity index (χ0n) is 14.1. The lowest BCUT2D eigenvalue weighted by atomic mass is 10.1. The van der Waals surface area contributed by atoms with Gasteiger partial charge in [-0.15, -0.1) is 0 Å². The molecule has 0 spiro atoms. The summed E-state index contributed by atoms with van der Waals surface area (Å²) in [4.78, 5) is 20.6. The Labute approximate surface area is 149 Å². The van der Waals surface area contributed by atoms with Crippen LogP contribution in [-0.4, -0.2) is 32.9 Å². The lowest BCUT2D eigenvalue weighted by Gasteiger charge is -2.12. The van der Waals surface area contributed by atoms with Crippen molar-refractivity contribution in [2.24, 2.45) is 0 Å². The Morgan fingerprint density at radius 3 is 2.73 bits per heavy atom. The van der Waals surface area contributed by atoms with E-state index >= 15 is 0 Å². The first kappa shape index (κ1) is 16.4. The van der Waals surface area contributed by atoms with E-state index in [1.165, 1.54) is 0 Å². The number of rotatable bonds is 4. The molecule has 1 aromatic heterocycles. The quantitative estimate of drug-likeness (QED) is 0.768. The lowest BCUT2D eigenvalue weighted by molar-refractivity contribution is 0.0941. The van der Waals surface area contributed by atoms with Gasteiger partial charge >= 0.3 is 0 Å². The van der Waals surface area contributed by atoms with Gasteiger partial charge in [-0.2, -0.15) is 4.98 Å². The number of aromatic nitrogens is 2. The van der Waals surface area contributed by atoms with Crippen molar-refractivity contribution < 1.29 is 24.5 Å². The molecule has 3 N–H and O–H groups in total. The minimum Gasteiger partial charge on any atom is -0.501 e. The zero-order valence-corrected chi connectivity index (χ0v) is 14.1. The molecule has 0 radical (unpaired) electrons. The van der Waals surface area contributed by atoms with E-state index in [1.807, 2.05) is 6.07 Å². The molecular formula is C18H19N3O5. The highest BCUT2D eigenvalue weighted by Gasteiger charge is 2.25. The molecule has 1 aromatic carbocycles. The van der Waals surface area contributed by atoms with E-state index in [0.29, 0.717) is 17.3 Å². The monoisotopic (exact) mass is 357 g/mol. The predicted octanol–water partition coefficient (Wildman–Crippen LogP) is 2.20. The van der Waals surface area contributed by atoms with Gasteiger partial charge in [0.25, 0.3) is 11.8 Å². The second kappa shape index (κ2) is 6.70. The zero-order chi connectivity index (χ0) is 18.1. The van der Waals surface area contributed by atoms with Crippen LogP contribution in [0.4, 0.5) is 0 Å². The number of amides is 1. The average Bonchev–Trinajstić information content (AvgIpc) is 3.33. The van der Waals surface area contributed by atoms with Gasteiger partial charge in [0.2, 0.25) is 12.5 Å². The number of hydrogen-bond acceptors (Lipinski definition) is 7. The number of carbonyl (C=O) groups is 1. The second-order valence-electron chi connectivity index (χ2n) is 6.45. The van der Waals surface area contributed by atoms with E-state index in [4.69, 9.17) is 9.47 Å². The van der Waals surface area contributed by atoms with Crippen LogP contribution in [0, 0.1) is 0 Å². The number of benzene rings is 1. The van der Waals surface area contributed by atoms with Crippen LogP contribution in [0.2, 0.25) is 0 Å². The molecule has 1 fully saturated rings. The normalized spacial score (nSPS) is 16.0. The Balaban J connectivity index is 1.50. The van der Waals surface area contributed by atoms with Gasteiger partial charge in [-0.25, -0.2) is 4.98 Å². The van der Waals surface area contributed by atoms with Gasteiger partial charge in [-0.1, -0.05) is 18.9 Å². The van der Waals surface area contributed by atoms with E-state index in [1.54, 1.807) is 12.1 Å². The van der Waals surface area contributed by atoms with E-state index in [0.717, 1.165) is 31.2 Å². The van der Waals surface area contributed by atoms with Crippen LogP contribution >= 0.6 is 0 Å². The summed E-state index contributed by atoms with van der Waals surface area (Å²) in [6, 6.07) is 5.37. The number of fused-ring (bicyclic) bond motifs is 1. The van der Waals surface area contributed by atoms with Crippen LogP contribution in [-0.2, 0) is 6.54 Å². The predicted molar refractivity (Wildman–Crippen MR) is 90.3 cm³/mol. The van der Waals surface area contributed by atoms with E-state index in [-0.39, 0.29) is 24.9 Å². The number of nitrogens with one attached hydrogen (secondary N) is 1. The SMILES string of the molecule is O=C(NCc1ccc2c(c1)OCO2)c1nc(C2CCCC2)nc(O)c1O. The molecule has 136 valence electrons. The molecule has 0 bridgehead atoms. The Morgan fingerprint density at radius 2 is 1.92 bits per heavy atom. The molecule has 4 rings (SSSR count). The number of carbonyl (C=O) groups excluding carboxylic acids is 1. The third kappa shape index (κ3) is 3.10. The van der Waals surface area contributed by atoms with Crippen LogP contribution in [0.15, 0.2) is 18.2 Å². The fraction of sp³-hybridized carbons (Fsp3) is 0.389. The molecule has 1 aliphatic carbocycles. The molecular weight excluding hydrogens is 338 g/mol. The van der Waals surface area contributed by atoms with Crippen LogP contribution in [0.3, 0.4) is 0 Å². The highest BCUT2D eigenvalue weighted by molar-refractivity contribution is 5.95. The smallest absolute Gasteiger partial charge is 0.274 e. The summed E-state index contributed by atoms with van der Waals surface area (Å²) in [7, 11) is 0. The summed E-state index contributed by atoms with van der Waals surface area (Å²) in [5, 5.41) is 22.6. The summed E-state index contributed by atoms with van der Waals surface area (Å²) >= 11 is 0. The molecule has 0 saturated heterocycles. The Morgan fingerprint density at radius 1 is 1.15 bits per heavy atom. The van der Waals surface area contributed by atoms with Crippen LogP contribution < -0.4 is 14.8 Å². The first-order valence-corrected chi connectivity index (χ1v) is 8.58. The van der Waals surface area contributed by atoms with Gasteiger partial charge in [0, 0.05) is 12.5 Å². The highest BCUT2D eigenvalue weighted by Crippen LogP contribution is 2.35. The van der Waals surface area contributed by atoms with Gasteiger partial charge in [-0.05, 0) is 30.5 Å². The minimum absolute atomic E-state index is 0.113. The number of ether oxygens (including phenoxy) is 2. The number of hydrogen-bond donors (Lipinski definition) is 3. The third-order valence-electron chi connectivity index (χ3n) is 4.71. The molecule has 26 heavy (non-hydrogen) atoms. The largest absolute Gasteiger partial charge is 0.501 e. The summed E-state index contributed by atoms with van der Waals surface area (Å²) in [5.41, 5.74) is 0.608. The number of nitrogens with zero attached hydrogens (tertiary/aromatic N) is 2. The molecule has 0 atom stereocenters. The lowest BCUT2D eigenvalue weighted by Crippen LogP contribution is -2.24. The highest BCUT2D eigenvalue weighted by atomic mass is 16.7. The maximum Gasteiger partial charge on any atom is 0.274 e. The average molecular weight is 357 g/mol. The fourth-order valence-electron chi connectivity index (χ4n) is 3.30. The summed E-state index contributed by atoms with van der Waals surface area (Å²) in [5.74, 6) is 0.0811. The number of aromatic hydroxyl groups is 2. The topological polar surface area (TPSA) is 114 Å². The van der Waals surface area contributed by atoms with Crippen molar-refractivity contribution in [3.63, 3.8) is 0 Å². The molecule has 2 aromatic rings. The molecule has 1 saturated carbocycles. The first-order chi connectivity index (χ1) is 12.6. The van der Waals surface area contributed by atoms with Crippen molar-refractivity contribution in [2.75, 3.05) is 6.79 Å². The van der Waals surface area contributed by atoms with Crippen molar-refractivity contribution >= 4 is 5.91 Å². The van der Waals surface area contributed by atoms with E-state index in [9.17, 15) is 15.0 Å². The Kier molecular flexibility index (Phi) is 4.24. The van der Waals surface area contributed by atoms with Crippen LogP contribution in [0.1, 0.15) is 53.5 Å². The molecule has 8 nitrogen and oxygen atoms in total. The molecule has 2 heterocycles. The summed E-state index contributed by atoms with van der Waals surface area (Å²) in [6.07, 6.45) is 3.98. The summed E-state index contributed by atoms with van der Waals surface area (Å²) in [6.45, 7) is 0.404. The second-order valence-corrected chi connectivity index (χ2v) is 6.45. The summed E-state index contributed by atoms with van der Waals surface area (Å²) < 4.78 is 10.6. The van der Waals surface area contributed by atoms with E-state index < -0.39 is 17.5 Å². The van der Waals surface area contributed by atoms with Gasteiger partial charge in [-0.3, -0.25) is 4.79 Å². The Hall–Kier alpha value is -3.03. The molecule has 2 aliphatic rings. The maximum absolute atomic E-state index is 12.5. The van der Waals surface area contributed by atoms with Gasteiger partial charge in [0.1, 0.15) is 5.82 Å². The molecule has 1 amide bonds. The van der Waals surface area contributed by atoms with Crippen molar-refractivity contribution in [2.45, 2.75) is 38.1 Å². The van der Waals surface area contributed by atoms with E-state index in [2.05, 4.69) is 15.3 Å². The van der Waals surface area contributed by atoms with Crippen molar-refractivity contribution in [1.29, 1.82) is 0 Å². The van der Waals surface area contributed by atoms with Gasteiger partial charge in [0.15, 0.2) is 17.2 Å².